The SMILES string of the molecule is NC(=O)c1c(CN2CCOCC2)ccnc1N1CCC(N2CCCC2)C1. The number of likely N-dealkylation sites (tertiary alicyclic amines) is 1. The lowest BCUT2D eigenvalue weighted by atomic mass is 10.1. The topological polar surface area (TPSA) is 74.9 Å². The van der Waals surface area contributed by atoms with E-state index in [1.807, 2.05) is 12.3 Å². The van der Waals surface area contributed by atoms with Gasteiger partial charge in [0, 0.05) is 45.0 Å². The third-order valence-corrected chi connectivity index (χ3v) is 5.88. The fourth-order valence-electron chi connectivity index (χ4n) is 4.47. The summed E-state index contributed by atoms with van der Waals surface area (Å²) in [5, 5.41) is 0. The molecule has 0 bridgehead atoms. The molecule has 3 aliphatic heterocycles. The van der Waals surface area contributed by atoms with Crippen LogP contribution in [0.25, 0.3) is 0 Å². The standard InChI is InChI=1S/C19H29N5O2/c20-18(25)17-15(13-22-9-11-26-12-10-22)3-5-21-19(17)24-8-4-16(14-24)23-6-1-2-7-23/h3,5,16H,1-2,4,6-14H2,(H2,20,25). The number of anilines is 1. The molecule has 0 saturated carbocycles. The highest BCUT2D eigenvalue weighted by Crippen LogP contribution is 2.28. The van der Waals surface area contributed by atoms with Gasteiger partial charge < -0.3 is 15.4 Å². The van der Waals surface area contributed by atoms with Crippen LogP contribution in [0.2, 0.25) is 0 Å². The Labute approximate surface area is 155 Å². The zero-order chi connectivity index (χ0) is 17.9. The van der Waals surface area contributed by atoms with E-state index in [1.165, 1.54) is 25.9 Å². The molecule has 4 heterocycles. The van der Waals surface area contributed by atoms with E-state index in [0.717, 1.165) is 63.7 Å². The van der Waals surface area contributed by atoms with Gasteiger partial charge in [0.2, 0.25) is 0 Å². The Morgan fingerprint density at radius 1 is 1.19 bits per heavy atom. The summed E-state index contributed by atoms with van der Waals surface area (Å²) < 4.78 is 5.42. The Kier molecular flexibility index (Phi) is 5.38. The van der Waals surface area contributed by atoms with E-state index in [4.69, 9.17) is 10.5 Å². The second-order valence-electron chi connectivity index (χ2n) is 7.55. The highest BCUT2D eigenvalue weighted by atomic mass is 16.5. The van der Waals surface area contributed by atoms with Crippen molar-refractivity contribution in [3.8, 4) is 0 Å². The number of amides is 1. The molecule has 0 radical (unpaired) electrons. The van der Waals surface area contributed by atoms with Crippen LogP contribution < -0.4 is 10.6 Å². The summed E-state index contributed by atoms with van der Waals surface area (Å²) in [5.74, 6) is 0.394. The first kappa shape index (κ1) is 17.7. The number of nitrogens with two attached hydrogens (primary N) is 1. The van der Waals surface area contributed by atoms with Crippen molar-refractivity contribution in [1.29, 1.82) is 0 Å². The quantitative estimate of drug-likeness (QED) is 0.834. The fraction of sp³-hybridized carbons (Fsp3) is 0.684. The zero-order valence-electron chi connectivity index (χ0n) is 15.4. The minimum Gasteiger partial charge on any atom is -0.379 e. The number of nitrogens with zero attached hydrogens (tertiary/aromatic N) is 4. The van der Waals surface area contributed by atoms with Crippen molar-refractivity contribution in [2.75, 3.05) is 57.4 Å². The maximum Gasteiger partial charge on any atom is 0.252 e. The number of aromatic nitrogens is 1. The van der Waals surface area contributed by atoms with E-state index < -0.39 is 0 Å². The van der Waals surface area contributed by atoms with Crippen LogP contribution in [-0.2, 0) is 11.3 Å². The molecule has 1 aromatic heterocycles. The summed E-state index contributed by atoms with van der Waals surface area (Å²) in [6.45, 7) is 8.26. The number of morpholine rings is 1. The molecule has 1 amide bonds. The Balaban J connectivity index is 1.53. The summed E-state index contributed by atoms with van der Waals surface area (Å²) in [5.41, 5.74) is 7.36. The lowest BCUT2D eigenvalue weighted by Crippen LogP contribution is -2.37. The molecule has 3 aliphatic rings. The smallest absolute Gasteiger partial charge is 0.252 e. The normalized spacial score (nSPS) is 25.1. The van der Waals surface area contributed by atoms with Crippen LogP contribution in [0.5, 0.6) is 0 Å². The number of carbonyl (C=O) groups excluding carboxylic acids is 1. The van der Waals surface area contributed by atoms with Crippen molar-refractivity contribution in [3.63, 3.8) is 0 Å². The average molecular weight is 359 g/mol. The van der Waals surface area contributed by atoms with Crippen LogP contribution in [0.3, 0.4) is 0 Å². The van der Waals surface area contributed by atoms with E-state index in [9.17, 15) is 4.79 Å². The van der Waals surface area contributed by atoms with Gasteiger partial charge >= 0.3 is 0 Å². The summed E-state index contributed by atoms with van der Waals surface area (Å²) in [6, 6.07) is 2.51. The first-order valence-electron chi connectivity index (χ1n) is 9.79. The van der Waals surface area contributed by atoms with Crippen molar-refractivity contribution in [3.05, 3.63) is 23.4 Å². The van der Waals surface area contributed by atoms with Crippen molar-refractivity contribution in [1.82, 2.24) is 14.8 Å². The van der Waals surface area contributed by atoms with Gasteiger partial charge in [-0.15, -0.1) is 0 Å². The summed E-state index contributed by atoms with van der Waals surface area (Å²) in [4.78, 5) is 24.0. The van der Waals surface area contributed by atoms with Gasteiger partial charge in [-0.1, -0.05) is 0 Å². The molecule has 1 unspecified atom stereocenters. The number of rotatable bonds is 5. The Morgan fingerprint density at radius 2 is 1.96 bits per heavy atom. The molecular formula is C19H29N5O2. The van der Waals surface area contributed by atoms with Crippen LogP contribution in [0.1, 0.15) is 35.2 Å². The zero-order valence-corrected chi connectivity index (χ0v) is 15.4. The van der Waals surface area contributed by atoms with E-state index >= 15 is 0 Å². The van der Waals surface area contributed by atoms with Gasteiger partial charge in [0.1, 0.15) is 5.82 Å². The first-order chi connectivity index (χ1) is 12.7. The number of pyridine rings is 1. The summed E-state index contributed by atoms with van der Waals surface area (Å²) >= 11 is 0. The monoisotopic (exact) mass is 359 g/mol. The van der Waals surface area contributed by atoms with E-state index in [1.54, 1.807) is 0 Å². The molecule has 3 fully saturated rings. The molecule has 0 aliphatic carbocycles. The number of primary amides is 1. The Hall–Kier alpha value is -1.70. The second kappa shape index (κ2) is 7.90. The number of carbonyl (C=O) groups is 1. The lowest BCUT2D eigenvalue weighted by Gasteiger charge is -2.28. The van der Waals surface area contributed by atoms with E-state index in [2.05, 4.69) is 19.7 Å². The average Bonchev–Trinajstić information content (AvgIpc) is 3.34. The number of hydrogen-bond donors (Lipinski definition) is 1. The van der Waals surface area contributed by atoms with E-state index in [0.29, 0.717) is 11.6 Å². The van der Waals surface area contributed by atoms with Crippen LogP contribution in [0.4, 0.5) is 5.82 Å². The molecular weight excluding hydrogens is 330 g/mol. The molecule has 7 nitrogen and oxygen atoms in total. The second-order valence-corrected chi connectivity index (χ2v) is 7.55. The van der Waals surface area contributed by atoms with Crippen molar-refractivity contribution < 1.29 is 9.53 Å². The van der Waals surface area contributed by atoms with Gasteiger partial charge in [-0.25, -0.2) is 4.98 Å². The summed E-state index contributed by atoms with van der Waals surface area (Å²) in [7, 11) is 0. The predicted octanol–water partition coefficient (Wildman–Crippen LogP) is 0.687. The molecule has 0 spiro atoms. The third kappa shape index (κ3) is 3.70. The van der Waals surface area contributed by atoms with Crippen molar-refractivity contribution in [2.45, 2.75) is 31.8 Å². The lowest BCUT2D eigenvalue weighted by molar-refractivity contribution is 0.0341. The van der Waals surface area contributed by atoms with Gasteiger partial charge in [-0.05, 0) is 44.0 Å². The van der Waals surface area contributed by atoms with Crippen LogP contribution in [-0.4, -0.2) is 79.2 Å². The minimum atomic E-state index is -0.374. The molecule has 3 saturated heterocycles. The molecule has 2 N–H and O–H groups in total. The van der Waals surface area contributed by atoms with Crippen molar-refractivity contribution in [2.24, 2.45) is 5.73 Å². The highest BCUT2D eigenvalue weighted by Gasteiger charge is 2.32. The van der Waals surface area contributed by atoms with Gasteiger partial charge in [-0.3, -0.25) is 14.6 Å². The molecule has 26 heavy (non-hydrogen) atoms. The van der Waals surface area contributed by atoms with Gasteiger partial charge in [0.05, 0.1) is 18.8 Å². The van der Waals surface area contributed by atoms with Crippen LogP contribution >= 0.6 is 0 Å². The Bertz CT molecular complexity index is 641. The molecule has 0 aromatic carbocycles. The molecule has 4 rings (SSSR count). The van der Waals surface area contributed by atoms with Crippen LogP contribution in [0.15, 0.2) is 12.3 Å². The molecule has 142 valence electrons. The molecule has 1 aromatic rings. The first-order valence-corrected chi connectivity index (χ1v) is 9.79. The number of hydrogen-bond acceptors (Lipinski definition) is 6. The Morgan fingerprint density at radius 3 is 2.69 bits per heavy atom. The van der Waals surface area contributed by atoms with Gasteiger partial charge in [0.25, 0.3) is 5.91 Å². The number of ether oxygens (including phenoxy) is 1. The molecule has 7 heteroatoms. The fourth-order valence-corrected chi connectivity index (χ4v) is 4.47. The van der Waals surface area contributed by atoms with Gasteiger partial charge in [-0.2, -0.15) is 0 Å². The summed E-state index contributed by atoms with van der Waals surface area (Å²) in [6.07, 6.45) is 5.56. The predicted molar refractivity (Wildman–Crippen MR) is 100 cm³/mol. The van der Waals surface area contributed by atoms with Crippen molar-refractivity contribution >= 4 is 11.7 Å². The maximum absolute atomic E-state index is 12.3. The maximum atomic E-state index is 12.3. The van der Waals surface area contributed by atoms with E-state index in [-0.39, 0.29) is 5.91 Å². The largest absolute Gasteiger partial charge is 0.379 e. The van der Waals surface area contributed by atoms with Crippen LogP contribution in [0, 0.1) is 0 Å². The minimum absolute atomic E-state index is 0.374. The third-order valence-electron chi connectivity index (χ3n) is 5.88. The van der Waals surface area contributed by atoms with Gasteiger partial charge in [0.15, 0.2) is 0 Å². The molecule has 1 atom stereocenters. The highest BCUT2D eigenvalue weighted by molar-refractivity contribution is 5.99.